The fraction of sp³-hybridized carbons (Fsp3) is 0.429. The number of hydrogen-bond donors (Lipinski definition) is 2. The summed E-state index contributed by atoms with van der Waals surface area (Å²) in [6, 6.07) is 5.78. The number of aromatic nitrogens is 2. The molecule has 196 valence electrons. The van der Waals surface area contributed by atoms with Gasteiger partial charge in [-0.25, -0.2) is 18.2 Å². The first-order chi connectivity index (χ1) is 17.9. The van der Waals surface area contributed by atoms with Crippen molar-refractivity contribution >= 4 is 23.0 Å². The number of β-amino-alcohol motifs (C(OH)–C–C–N with tert-alkyl or cyclic N) is 1. The minimum absolute atomic E-state index is 0.0835. The highest BCUT2D eigenvalue weighted by atomic mass is 19.2. The number of hydrogen-bond acceptors (Lipinski definition) is 4. The molecule has 5 rings (SSSR count). The molecule has 1 atom stereocenters. The first-order valence-corrected chi connectivity index (χ1v) is 12.8. The van der Waals surface area contributed by atoms with Crippen LogP contribution in [0.2, 0.25) is 0 Å². The number of halogens is 3. The highest BCUT2D eigenvalue weighted by molar-refractivity contribution is 5.91. The fourth-order valence-corrected chi connectivity index (χ4v) is 5.60. The number of carbonyl (C=O) groups is 1. The van der Waals surface area contributed by atoms with Crippen LogP contribution in [-0.4, -0.2) is 69.6 Å². The number of aromatic amines is 1. The number of nitrogens with zero attached hydrogens (tertiary/aromatic N) is 3. The second kappa shape index (κ2) is 11.1. The van der Waals surface area contributed by atoms with Gasteiger partial charge in [0, 0.05) is 43.5 Å². The van der Waals surface area contributed by atoms with Crippen LogP contribution in [0.1, 0.15) is 42.7 Å². The van der Waals surface area contributed by atoms with Crippen LogP contribution in [0.3, 0.4) is 0 Å². The SMILES string of the molecule is O=C(/C=C/c1cc(F)c(F)c(F)c1)N1CCC(C(O)CN2CCC(c3c[nH]c4ncccc34)CC2)CC1. The van der Waals surface area contributed by atoms with Crippen molar-refractivity contribution in [2.24, 2.45) is 5.92 Å². The lowest BCUT2D eigenvalue weighted by Gasteiger charge is -2.37. The normalized spacial score (nSPS) is 19.2. The molecule has 0 spiro atoms. The van der Waals surface area contributed by atoms with E-state index in [1.165, 1.54) is 23.1 Å². The minimum Gasteiger partial charge on any atom is -0.392 e. The summed E-state index contributed by atoms with van der Waals surface area (Å²) in [5.41, 5.74) is 2.33. The predicted octanol–water partition coefficient (Wildman–Crippen LogP) is 4.47. The number of fused-ring (bicyclic) bond motifs is 1. The summed E-state index contributed by atoms with van der Waals surface area (Å²) in [4.78, 5) is 24.2. The van der Waals surface area contributed by atoms with Crippen LogP contribution in [0.5, 0.6) is 0 Å². The maximum Gasteiger partial charge on any atom is 0.246 e. The molecule has 0 bridgehead atoms. The van der Waals surface area contributed by atoms with E-state index in [9.17, 15) is 23.1 Å². The van der Waals surface area contributed by atoms with Crippen LogP contribution >= 0.6 is 0 Å². The summed E-state index contributed by atoms with van der Waals surface area (Å²) in [7, 11) is 0. The maximum atomic E-state index is 13.4. The number of amides is 1. The number of benzene rings is 1. The third-order valence-corrected chi connectivity index (χ3v) is 7.78. The van der Waals surface area contributed by atoms with Crippen molar-refractivity contribution < 1.29 is 23.1 Å². The van der Waals surface area contributed by atoms with Gasteiger partial charge in [0.25, 0.3) is 0 Å². The van der Waals surface area contributed by atoms with Gasteiger partial charge >= 0.3 is 0 Å². The van der Waals surface area contributed by atoms with E-state index in [1.807, 2.05) is 6.07 Å². The summed E-state index contributed by atoms with van der Waals surface area (Å²) in [6.07, 6.45) is 9.41. The molecule has 1 unspecified atom stereocenters. The van der Waals surface area contributed by atoms with Crippen molar-refractivity contribution in [3.63, 3.8) is 0 Å². The Morgan fingerprint density at radius 2 is 1.81 bits per heavy atom. The third-order valence-electron chi connectivity index (χ3n) is 7.78. The number of carbonyl (C=O) groups excluding carboxylic acids is 1. The Bertz CT molecular complexity index is 1250. The van der Waals surface area contributed by atoms with Crippen molar-refractivity contribution in [1.29, 1.82) is 0 Å². The summed E-state index contributed by atoms with van der Waals surface area (Å²) < 4.78 is 39.8. The largest absolute Gasteiger partial charge is 0.392 e. The first-order valence-electron chi connectivity index (χ1n) is 12.8. The molecule has 1 aromatic carbocycles. The van der Waals surface area contributed by atoms with Gasteiger partial charge in [0.15, 0.2) is 17.5 Å². The van der Waals surface area contributed by atoms with E-state index in [-0.39, 0.29) is 17.4 Å². The second-order valence-electron chi connectivity index (χ2n) is 10.1. The Kier molecular flexibility index (Phi) is 7.62. The Balaban J connectivity index is 1.07. The lowest BCUT2D eigenvalue weighted by Crippen LogP contribution is -2.45. The van der Waals surface area contributed by atoms with E-state index in [0.29, 0.717) is 38.4 Å². The molecule has 0 saturated carbocycles. The van der Waals surface area contributed by atoms with Gasteiger partial charge in [-0.05, 0) is 92.1 Å². The van der Waals surface area contributed by atoms with Crippen molar-refractivity contribution in [2.75, 3.05) is 32.7 Å². The molecule has 2 saturated heterocycles. The number of piperidine rings is 2. The number of likely N-dealkylation sites (tertiary alicyclic amines) is 2. The molecule has 6 nitrogen and oxygen atoms in total. The number of nitrogens with one attached hydrogen (secondary N) is 1. The molecule has 9 heteroatoms. The molecule has 3 aromatic rings. The summed E-state index contributed by atoms with van der Waals surface area (Å²) >= 11 is 0. The van der Waals surface area contributed by atoms with Gasteiger partial charge in [-0.1, -0.05) is 0 Å². The number of pyridine rings is 1. The molecule has 1 amide bonds. The van der Waals surface area contributed by atoms with E-state index >= 15 is 0 Å². The first kappa shape index (κ1) is 25.5. The smallest absolute Gasteiger partial charge is 0.246 e. The summed E-state index contributed by atoms with van der Waals surface area (Å²) in [6.45, 7) is 3.51. The van der Waals surface area contributed by atoms with Gasteiger partial charge in [0.2, 0.25) is 5.91 Å². The average molecular weight is 513 g/mol. The molecule has 2 N–H and O–H groups in total. The minimum atomic E-state index is -1.53. The topological polar surface area (TPSA) is 72.5 Å². The van der Waals surface area contributed by atoms with Crippen LogP contribution in [0.15, 0.2) is 42.7 Å². The van der Waals surface area contributed by atoms with Crippen molar-refractivity contribution in [1.82, 2.24) is 19.8 Å². The monoisotopic (exact) mass is 512 g/mol. The number of aliphatic hydroxyl groups excluding tert-OH is 1. The number of rotatable bonds is 6. The zero-order chi connectivity index (χ0) is 25.9. The third kappa shape index (κ3) is 5.72. The van der Waals surface area contributed by atoms with Crippen molar-refractivity contribution in [2.45, 2.75) is 37.7 Å². The second-order valence-corrected chi connectivity index (χ2v) is 10.1. The number of aliphatic hydroxyl groups is 1. The van der Waals surface area contributed by atoms with E-state index in [2.05, 4.69) is 27.1 Å². The van der Waals surface area contributed by atoms with Gasteiger partial charge in [-0.15, -0.1) is 0 Å². The van der Waals surface area contributed by atoms with E-state index in [4.69, 9.17) is 0 Å². The van der Waals surface area contributed by atoms with Crippen molar-refractivity contribution in [3.8, 4) is 0 Å². The molecular formula is C28H31F3N4O2. The Labute approximate surface area is 213 Å². The fourth-order valence-electron chi connectivity index (χ4n) is 5.60. The highest BCUT2D eigenvalue weighted by Gasteiger charge is 2.30. The van der Waals surface area contributed by atoms with E-state index < -0.39 is 23.6 Å². The quantitative estimate of drug-likeness (QED) is 0.378. The van der Waals surface area contributed by atoms with Gasteiger partial charge in [-0.2, -0.15) is 0 Å². The molecule has 2 aromatic heterocycles. The zero-order valence-electron chi connectivity index (χ0n) is 20.5. The molecule has 0 aliphatic carbocycles. The zero-order valence-corrected chi connectivity index (χ0v) is 20.5. The highest BCUT2D eigenvalue weighted by Crippen LogP contribution is 2.33. The summed E-state index contributed by atoms with van der Waals surface area (Å²) in [5.74, 6) is -3.78. The van der Waals surface area contributed by atoms with Gasteiger partial charge in [-0.3, -0.25) is 4.79 Å². The maximum absolute atomic E-state index is 13.4. The van der Waals surface area contributed by atoms with Crippen LogP contribution in [0, 0.1) is 23.4 Å². The summed E-state index contributed by atoms with van der Waals surface area (Å²) in [5, 5.41) is 12.1. The van der Waals surface area contributed by atoms with Gasteiger partial charge in [0.05, 0.1) is 6.10 Å². The molecule has 2 fully saturated rings. The average Bonchev–Trinajstić information content (AvgIpc) is 3.35. The van der Waals surface area contributed by atoms with Gasteiger partial charge in [0.1, 0.15) is 5.65 Å². The van der Waals surface area contributed by atoms with E-state index in [1.54, 1.807) is 11.1 Å². The molecular weight excluding hydrogens is 481 g/mol. The molecule has 0 radical (unpaired) electrons. The molecule has 2 aliphatic heterocycles. The van der Waals surface area contributed by atoms with Crippen LogP contribution < -0.4 is 0 Å². The molecule has 37 heavy (non-hydrogen) atoms. The lowest BCUT2D eigenvalue weighted by molar-refractivity contribution is -0.128. The van der Waals surface area contributed by atoms with Gasteiger partial charge < -0.3 is 19.9 Å². The molecule has 4 heterocycles. The van der Waals surface area contributed by atoms with Crippen LogP contribution in [-0.2, 0) is 4.79 Å². The lowest BCUT2D eigenvalue weighted by atomic mass is 9.88. The number of H-pyrrole nitrogens is 1. The van der Waals surface area contributed by atoms with Crippen molar-refractivity contribution in [3.05, 3.63) is 71.3 Å². The standard InChI is InChI=1S/C28H31F3N4O2/c29-23-14-18(15-24(30)27(23)31)3-4-26(37)35-12-7-20(8-13-35)25(36)17-34-10-5-19(6-11-34)22-16-33-28-21(22)2-1-9-32-28/h1-4,9,14-16,19-20,25,36H,5-8,10-13,17H2,(H,32,33)/b4-3+. The Hall–Kier alpha value is -3.17. The van der Waals surface area contributed by atoms with E-state index in [0.717, 1.165) is 43.7 Å². The van der Waals surface area contributed by atoms with Crippen LogP contribution in [0.4, 0.5) is 13.2 Å². The molecule has 2 aliphatic rings. The Morgan fingerprint density at radius 3 is 2.51 bits per heavy atom. The predicted molar refractivity (Wildman–Crippen MR) is 135 cm³/mol. The Morgan fingerprint density at radius 1 is 1.11 bits per heavy atom. The van der Waals surface area contributed by atoms with Crippen LogP contribution in [0.25, 0.3) is 17.1 Å².